The van der Waals surface area contributed by atoms with E-state index >= 15 is 0 Å². The van der Waals surface area contributed by atoms with Crippen molar-refractivity contribution in [2.45, 2.75) is 13.0 Å². The van der Waals surface area contributed by atoms with Crippen molar-refractivity contribution in [1.82, 2.24) is 20.0 Å². The van der Waals surface area contributed by atoms with Crippen LogP contribution in [0.25, 0.3) is 0 Å². The van der Waals surface area contributed by atoms with Crippen LogP contribution in [0, 0.1) is 5.82 Å². The van der Waals surface area contributed by atoms with Crippen LogP contribution in [-0.2, 0) is 9.53 Å². The van der Waals surface area contributed by atoms with Crippen molar-refractivity contribution >= 4 is 17.9 Å². The number of benzene rings is 2. The molecule has 0 spiro atoms. The Morgan fingerprint density at radius 1 is 1.08 bits per heavy atom. The summed E-state index contributed by atoms with van der Waals surface area (Å²) in [6.07, 6.45) is 0. The van der Waals surface area contributed by atoms with Crippen molar-refractivity contribution in [2.75, 3.05) is 53.5 Å². The molecule has 0 bridgehead atoms. The lowest BCUT2D eigenvalue weighted by molar-refractivity contribution is -0.139. The number of likely N-dealkylation sites (N-methyl/N-ethyl adjacent to an activating group) is 1. The minimum absolute atomic E-state index is 0.0611. The maximum absolute atomic E-state index is 14.0. The molecule has 1 unspecified atom stereocenters. The Morgan fingerprint density at radius 3 is 2.41 bits per heavy atom. The highest BCUT2D eigenvalue weighted by atomic mass is 19.1. The lowest BCUT2D eigenvalue weighted by Crippen LogP contribution is -2.53. The van der Waals surface area contributed by atoms with Crippen LogP contribution in [0.2, 0.25) is 0 Å². The second-order valence-corrected chi connectivity index (χ2v) is 8.87. The quantitative estimate of drug-likeness (QED) is 0.576. The van der Waals surface area contributed by atoms with E-state index in [4.69, 9.17) is 9.47 Å². The van der Waals surface area contributed by atoms with E-state index in [0.29, 0.717) is 55.3 Å². The van der Waals surface area contributed by atoms with Gasteiger partial charge >= 0.3 is 12.0 Å². The number of rotatable bonds is 7. The van der Waals surface area contributed by atoms with Gasteiger partial charge in [0.1, 0.15) is 11.6 Å². The molecule has 4 rings (SSSR count). The molecule has 37 heavy (non-hydrogen) atoms. The first-order valence-corrected chi connectivity index (χ1v) is 12.2. The fourth-order valence-electron chi connectivity index (χ4n) is 4.57. The summed E-state index contributed by atoms with van der Waals surface area (Å²) in [5.41, 5.74) is 1.80. The van der Waals surface area contributed by atoms with Crippen LogP contribution in [0.3, 0.4) is 0 Å². The molecule has 10 heteroatoms. The number of ether oxygens (including phenoxy) is 2. The molecule has 0 radical (unpaired) electrons. The van der Waals surface area contributed by atoms with E-state index in [0.717, 1.165) is 0 Å². The first-order chi connectivity index (χ1) is 17.8. The van der Waals surface area contributed by atoms with Crippen LogP contribution in [0.5, 0.6) is 5.75 Å². The van der Waals surface area contributed by atoms with Crippen molar-refractivity contribution in [3.63, 3.8) is 0 Å². The topological polar surface area (TPSA) is 91.4 Å². The summed E-state index contributed by atoms with van der Waals surface area (Å²) in [4.78, 5) is 44.1. The lowest BCUT2D eigenvalue weighted by Gasteiger charge is -2.39. The zero-order valence-corrected chi connectivity index (χ0v) is 21.2. The highest BCUT2D eigenvalue weighted by molar-refractivity contribution is 5.95. The Labute approximate surface area is 215 Å². The van der Waals surface area contributed by atoms with Crippen LogP contribution >= 0.6 is 0 Å². The van der Waals surface area contributed by atoms with Gasteiger partial charge in [0.2, 0.25) is 0 Å². The normalized spacial score (nSPS) is 18.5. The first kappa shape index (κ1) is 26.2. The summed E-state index contributed by atoms with van der Waals surface area (Å²) in [7, 11) is 3.17. The number of amides is 3. The molecule has 1 N–H and O–H groups in total. The summed E-state index contributed by atoms with van der Waals surface area (Å²) in [6, 6.07) is 11.6. The predicted molar refractivity (Wildman–Crippen MR) is 134 cm³/mol. The number of halogens is 1. The largest absolute Gasteiger partial charge is 0.497 e. The molecular weight excluding hydrogens is 479 g/mol. The molecule has 2 aliphatic rings. The molecule has 0 aromatic heterocycles. The molecule has 0 aliphatic carbocycles. The first-order valence-electron chi connectivity index (χ1n) is 12.2. The fourth-order valence-corrected chi connectivity index (χ4v) is 4.57. The van der Waals surface area contributed by atoms with Gasteiger partial charge in [-0.05, 0) is 48.9 Å². The highest BCUT2D eigenvalue weighted by Crippen LogP contribution is 2.32. The van der Waals surface area contributed by atoms with Crippen LogP contribution in [0.4, 0.5) is 9.18 Å². The van der Waals surface area contributed by atoms with Crippen molar-refractivity contribution in [2.24, 2.45) is 0 Å². The average Bonchev–Trinajstić information content (AvgIpc) is 2.91. The molecule has 3 amide bonds. The molecule has 2 heterocycles. The van der Waals surface area contributed by atoms with Crippen LogP contribution in [0.1, 0.15) is 28.9 Å². The van der Waals surface area contributed by atoms with Gasteiger partial charge in [0.25, 0.3) is 5.91 Å². The Morgan fingerprint density at radius 2 is 1.78 bits per heavy atom. The third kappa shape index (κ3) is 5.75. The molecule has 196 valence electrons. The van der Waals surface area contributed by atoms with Crippen LogP contribution in [-0.4, -0.2) is 86.1 Å². The number of hydrogen-bond acceptors (Lipinski definition) is 6. The lowest BCUT2D eigenvalue weighted by atomic mass is 9.94. The smallest absolute Gasteiger partial charge is 0.338 e. The van der Waals surface area contributed by atoms with Gasteiger partial charge in [-0.15, -0.1) is 0 Å². The van der Waals surface area contributed by atoms with E-state index in [9.17, 15) is 18.8 Å². The number of carbonyl (C=O) groups excluding carboxylic acids is 3. The van der Waals surface area contributed by atoms with E-state index < -0.39 is 23.9 Å². The number of esters is 1. The molecule has 1 saturated heterocycles. The van der Waals surface area contributed by atoms with E-state index in [1.807, 2.05) is 0 Å². The zero-order chi connectivity index (χ0) is 26.5. The fraction of sp³-hybridized carbons (Fsp3) is 0.370. The molecular formula is C27H31FN4O5. The molecule has 2 aliphatic heterocycles. The Balaban J connectivity index is 1.54. The van der Waals surface area contributed by atoms with E-state index in [1.54, 1.807) is 56.3 Å². The van der Waals surface area contributed by atoms with Crippen LogP contribution < -0.4 is 10.1 Å². The van der Waals surface area contributed by atoms with Gasteiger partial charge in [0, 0.05) is 51.0 Å². The summed E-state index contributed by atoms with van der Waals surface area (Å²) in [6.45, 7) is 4.28. The third-order valence-electron chi connectivity index (χ3n) is 6.62. The van der Waals surface area contributed by atoms with Crippen molar-refractivity contribution in [3.8, 4) is 5.75 Å². The number of methoxy groups -OCH3 is 1. The van der Waals surface area contributed by atoms with Crippen molar-refractivity contribution in [1.29, 1.82) is 0 Å². The minimum Gasteiger partial charge on any atom is -0.497 e. The van der Waals surface area contributed by atoms with Gasteiger partial charge in [-0.25, -0.2) is 14.0 Å². The van der Waals surface area contributed by atoms with Gasteiger partial charge in [-0.1, -0.05) is 12.1 Å². The second kappa shape index (κ2) is 11.4. The number of nitrogens with one attached hydrogen (secondary N) is 1. The highest BCUT2D eigenvalue weighted by Gasteiger charge is 2.38. The third-order valence-corrected chi connectivity index (χ3v) is 6.62. The maximum Gasteiger partial charge on any atom is 0.338 e. The number of piperazine rings is 1. The Kier molecular flexibility index (Phi) is 8.08. The zero-order valence-electron chi connectivity index (χ0n) is 21.2. The van der Waals surface area contributed by atoms with Gasteiger partial charge in [0.05, 0.1) is 25.3 Å². The standard InChI is InChI=1S/C27H31FN4O5/c1-4-37-26(34)23-22(30(2)27(35)29-24(23)19-6-5-7-20(28)16-19)17-31-12-14-32(15-13-31)25(33)18-8-10-21(36-3)11-9-18/h5-11,16,24H,4,12-15,17H2,1-3H3,(H,29,35). The summed E-state index contributed by atoms with van der Waals surface area (Å²) >= 11 is 0. The molecule has 0 saturated carbocycles. The average molecular weight is 511 g/mol. The molecule has 1 fully saturated rings. The van der Waals surface area contributed by atoms with E-state index in [2.05, 4.69) is 10.2 Å². The number of carbonyl (C=O) groups is 3. The Bertz CT molecular complexity index is 1190. The number of hydrogen-bond donors (Lipinski definition) is 1. The van der Waals surface area contributed by atoms with Crippen molar-refractivity contribution in [3.05, 3.63) is 76.7 Å². The number of urea groups is 1. The summed E-state index contributed by atoms with van der Waals surface area (Å²) in [5, 5.41) is 2.80. The molecule has 2 aromatic carbocycles. The number of nitrogens with zero attached hydrogens (tertiary/aromatic N) is 3. The van der Waals surface area contributed by atoms with Gasteiger partial charge < -0.3 is 19.7 Å². The van der Waals surface area contributed by atoms with Gasteiger partial charge in [-0.2, -0.15) is 0 Å². The molecule has 2 aromatic rings. The monoisotopic (exact) mass is 510 g/mol. The molecule has 9 nitrogen and oxygen atoms in total. The summed E-state index contributed by atoms with van der Waals surface area (Å²) < 4.78 is 24.5. The van der Waals surface area contributed by atoms with E-state index in [1.165, 1.54) is 23.1 Å². The van der Waals surface area contributed by atoms with Gasteiger partial charge in [-0.3, -0.25) is 14.6 Å². The van der Waals surface area contributed by atoms with Gasteiger partial charge in [0.15, 0.2) is 0 Å². The predicted octanol–water partition coefficient (Wildman–Crippen LogP) is 2.81. The van der Waals surface area contributed by atoms with E-state index in [-0.39, 0.29) is 18.1 Å². The maximum atomic E-state index is 14.0. The molecule has 1 atom stereocenters. The van der Waals surface area contributed by atoms with Crippen molar-refractivity contribution < 1.29 is 28.2 Å². The second-order valence-electron chi connectivity index (χ2n) is 8.87. The minimum atomic E-state index is -0.841. The Hall–Kier alpha value is -3.92. The SMILES string of the molecule is CCOC(=O)C1=C(CN2CCN(C(=O)c3ccc(OC)cc3)CC2)N(C)C(=O)NC1c1cccc(F)c1. The summed E-state index contributed by atoms with van der Waals surface area (Å²) in [5.74, 6) is -0.404. The van der Waals surface area contributed by atoms with Crippen LogP contribution in [0.15, 0.2) is 59.8 Å².